The summed E-state index contributed by atoms with van der Waals surface area (Å²) >= 11 is 0. The molecule has 0 radical (unpaired) electrons. The normalized spacial score (nSPS) is 10.6. The Morgan fingerprint density at radius 1 is 1.32 bits per heavy atom. The standard InChI is InChI=1S/C14H22FN3O/c1-3-13(4-2)18(10-9-16)14(19)17-12-7-5-11(15)6-8-12/h5-8,13H,3-4,9-10,16H2,1-2H3,(H,17,19). The van der Waals surface area contributed by atoms with E-state index in [2.05, 4.69) is 5.32 Å². The number of hydrogen-bond acceptors (Lipinski definition) is 2. The van der Waals surface area contributed by atoms with Crippen molar-refractivity contribution in [3.05, 3.63) is 30.1 Å². The van der Waals surface area contributed by atoms with E-state index in [1.807, 2.05) is 13.8 Å². The first-order chi connectivity index (χ1) is 9.12. The molecule has 0 aliphatic carbocycles. The molecule has 0 unspecified atom stereocenters. The number of benzene rings is 1. The maximum Gasteiger partial charge on any atom is 0.322 e. The molecule has 5 heteroatoms. The molecule has 0 aliphatic rings. The Morgan fingerprint density at radius 3 is 2.37 bits per heavy atom. The van der Waals surface area contributed by atoms with Crippen LogP contribution in [-0.2, 0) is 0 Å². The number of nitrogens with one attached hydrogen (secondary N) is 1. The second-order valence-electron chi connectivity index (χ2n) is 4.39. The Kier molecular flexibility index (Phi) is 6.29. The molecule has 0 spiro atoms. The lowest BCUT2D eigenvalue weighted by atomic mass is 10.1. The van der Waals surface area contributed by atoms with E-state index in [4.69, 9.17) is 5.73 Å². The van der Waals surface area contributed by atoms with Crippen LogP contribution >= 0.6 is 0 Å². The summed E-state index contributed by atoms with van der Waals surface area (Å²) in [6, 6.07) is 5.70. The second-order valence-corrected chi connectivity index (χ2v) is 4.39. The van der Waals surface area contributed by atoms with E-state index in [0.29, 0.717) is 18.8 Å². The zero-order valence-corrected chi connectivity index (χ0v) is 11.5. The Bertz CT molecular complexity index is 390. The van der Waals surface area contributed by atoms with Gasteiger partial charge in [0.2, 0.25) is 0 Å². The van der Waals surface area contributed by atoms with Crippen molar-refractivity contribution in [3.63, 3.8) is 0 Å². The number of urea groups is 1. The molecule has 0 bridgehead atoms. The molecule has 0 aliphatic heterocycles. The van der Waals surface area contributed by atoms with Crippen LogP contribution in [-0.4, -0.2) is 30.1 Å². The number of carbonyl (C=O) groups is 1. The molecule has 1 aromatic rings. The second kappa shape index (κ2) is 7.74. The minimum absolute atomic E-state index is 0.170. The Labute approximate surface area is 113 Å². The predicted molar refractivity (Wildman–Crippen MR) is 75.5 cm³/mol. The molecule has 0 saturated heterocycles. The van der Waals surface area contributed by atoms with Gasteiger partial charge in [0.05, 0.1) is 0 Å². The largest absolute Gasteiger partial charge is 0.329 e. The van der Waals surface area contributed by atoms with Gasteiger partial charge in [-0.25, -0.2) is 9.18 Å². The van der Waals surface area contributed by atoms with Crippen LogP contribution in [0.2, 0.25) is 0 Å². The summed E-state index contributed by atoms with van der Waals surface area (Å²) in [7, 11) is 0. The molecular weight excluding hydrogens is 245 g/mol. The van der Waals surface area contributed by atoms with E-state index in [1.165, 1.54) is 12.1 Å². The number of anilines is 1. The number of nitrogens with zero attached hydrogens (tertiary/aromatic N) is 1. The Morgan fingerprint density at radius 2 is 1.89 bits per heavy atom. The third kappa shape index (κ3) is 4.52. The third-order valence-electron chi connectivity index (χ3n) is 3.11. The van der Waals surface area contributed by atoms with E-state index >= 15 is 0 Å². The van der Waals surface area contributed by atoms with Gasteiger partial charge in [-0.2, -0.15) is 0 Å². The number of halogens is 1. The van der Waals surface area contributed by atoms with Crippen molar-refractivity contribution in [2.45, 2.75) is 32.7 Å². The average molecular weight is 267 g/mol. The minimum Gasteiger partial charge on any atom is -0.329 e. The summed E-state index contributed by atoms with van der Waals surface area (Å²) in [4.78, 5) is 14.0. The fraction of sp³-hybridized carbons (Fsp3) is 0.500. The summed E-state index contributed by atoms with van der Waals surface area (Å²) in [5.41, 5.74) is 6.14. The van der Waals surface area contributed by atoms with E-state index in [9.17, 15) is 9.18 Å². The number of carbonyl (C=O) groups excluding carboxylic acids is 1. The molecule has 106 valence electrons. The molecule has 19 heavy (non-hydrogen) atoms. The first kappa shape index (κ1) is 15.4. The first-order valence-electron chi connectivity index (χ1n) is 6.65. The number of rotatable bonds is 6. The molecule has 0 heterocycles. The molecule has 0 atom stereocenters. The fourth-order valence-electron chi connectivity index (χ4n) is 2.05. The van der Waals surface area contributed by atoms with Crippen molar-refractivity contribution in [3.8, 4) is 0 Å². The SMILES string of the molecule is CCC(CC)N(CCN)C(=O)Nc1ccc(F)cc1. The molecule has 2 amide bonds. The number of hydrogen-bond donors (Lipinski definition) is 2. The van der Waals surface area contributed by atoms with E-state index in [0.717, 1.165) is 12.8 Å². The Balaban J connectivity index is 2.73. The van der Waals surface area contributed by atoms with Crippen LogP contribution in [0.5, 0.6) is 0 Å². The van der Waals surface area contributed by atoms with Gasteiger partial charge in [-0.05, 0) is 37.1 Å². The molecule has 1 aromatic carbocycles. The van der Waals surface area contributed by atoms with Crippen molar-refractivity contribution < 1.29 is 9.18 Å². The highest BCUT2D eigenvalue weighted by Crippen LogP contribution is 2.13. The van der Waals surface area contributed by atoms with Crippen molar-refractivity contribution in [1.29, 1.82) is 0 Å². The monoisotopic (exact) mass is 267 g/mol. The van der Waals surface area contributed by atoms with Crippen molar-refractivity contribution in [1.82, 2.24) is 4.90 Å². The fourth-order valence-corrected chi connectivity index (χ4v) is 2.05. The van der Waals surface area contributed by atoms with Crippen LogP contribution in [0.15, 0.2) is 24.3 Å². The summed E-state index contributed by atoms with van der Waals surface area (Å²) in [6.07, 6.45) is 1.76. The quantitative estimate of drug-likeness (QED) is 0.832. The Hall–Kier alpha value is -1.62. The average Bonchev–Trinajstić information content (AvgIpc) is 2.41. The molecular formula is C14H22FN3O. The molecule has 0 aromatic heterocycles. The number of nitrogens with two attached hydrogens (primary N) is 1. The minimum atomic E-state index is -0.322. The van der Waals surface area contributed by atoms with Crippen molar-refractivity contribution >= 4 is 11.7 Å². The predicted octanol–water partition coefficient (Wildman–Crippen LogP) is 2.81. The van der Waals surface area contributed by atoms with Gasteiger partial charge in [0.1, 0.15) is 5.82 Å². The van der Waals surface area contributed by atoms with Crippen LogP contribution < -0.4 is 11.1 Å². The van der Waals surface area contributed by atoms with Crippen molar-refractivity contribution in [2.75, 3.05) is 18.4 Å². The van der Waals surface area contributed by atoms with E-state index in [-0.39, 0.29) is 17.9 Å². The molecule has 0 fully saturated rings. The van der Waals surface area contributed by atoms with Gasteiger partial charge >= 0.3 is 6.03 Å². The number of amides is 2. The summed E-state index contributed by atoms with van der Waals surface area (Å²) in [5.74, 6) is -0.322. The lowest BCUT2D eigenvalue weighted by Crippen LogP contribution is -2.45. The maximum absolute atomic E-state index is 12.8. The van der Waals surface area contributed by atoms with Gasteiger partial charge in [0, 0.05) is 24.8 Å². The van der Waals surface area contributed by atoms with Gasteiger partial charge in [0.25, 0.3) is 0 Å². The molecule has 1 rings (SSSR count). The van der Waals surface area contributed by atoms with Crippen LogP contribution in [0.3, 0.4) is 0 Å². The highest BCUT2D eigenvalue weighted by Gasteiger charge is 2.20. The maximum atomic E-state index is 12.8. The van der Waals surface area contributed by atoms with Crippen LogP contribution in [0, 0.1) is 5.82 Å². The highest BCUT2D eigenvalue weighted by molar-refractivity contribution is 5.89. The van der Waals surface area contributed by atoms with Gasteiger partial charge in [-0.1, -0.05) is 13.8 Å². The van der Waals surface area contributed by atoms with Gasteiger partial charge < -0.3 is 16.0 Å². The third-order valence-corrected chi connectivity index (χ3v) is 3.11. The molecule has 3 N–H and O–H groups in total. The van der Waals surface area contributed by atoms with E-state index in [1.54, 1.807) is 17.0 Å². The zero-order valence-electron chi connectivity index (χ0n) is 11.5. The molecule has 0 saturated carbocycles. The van der Waals surface area contributed by atoms with Crippen LogP contribution in [0.25, 0.3) is 0 Å². The van der Waals surface area contributed by atoms with Crippen molar-refractivity contribution in [2.24, 2.45) is 5.73 Å². The smallest absolute Gasteiger partial charge is 0.322 e. The molecule has 4 nitrogen and oxygen atoms in total. The summed E-state index contributed by atoms with van der Waals surface area (Å²) in [6.45, 7) is 5.03. The summed E-state index contributed by atoms with van der Waals surface area (Å²) < 4.78 is 12.8. The lowest BCUT2D eigenvalue weighted by Gasteiger charge is -2.30. The van der Waals surface area contributed by atoms with E-state index < -0.39 is 0 Å². The highest BCUT2D eigenvalue weighted by atomic mass is 19.1. The van der Waals surface area contributed by atoms with Gasteiger partial charge in [0.15, 0.2) is 0 Å². The van der Waals surface area contributed by atoms with Gasteiger partial charge in [-0.3, -0.25) is 0 Å². The topological polar surface area (TPSA) is 58.4 Å². The zero-order chi connectivity index (χ0) is 14.3. The van der Waals surface area contributed by atoms with Crippen LogP contribution in [0.1, 0.15) is 26.7 Å². The van der Waals surface area contributed by atoms with Gasteiger partial charge in [-0.15, -0.1) is 0 Å². The van der Waals surface area contributed by atoms with Crippen LogP contribution in [0.4, 0.5) is 14.9 Å². The first-order valence-corrected chi connectivity index (χ1v) is 6.65. The summed E-state index contributed by atoms with van der Waals surface area (Å²) in [5, 5.41) is 2.77. The lowest BCUT2D eigenvalue weighted by molar-refractivity contribution is 0.185.